The molecular formula is C31H38N2O7. The van der Waals surface area contributed by atoms with Crippen molar-refractivity contribution in [2.75, 3.05) is 53.1 Å². The Hall–Kier alpha value is -3.56. The number of methoxy groups -OCH3 is 1. The molecule has 0 bridgehead atoms. The van der Waals surface area contributed by atoms with E-state index in [2.05, 4.69) is 11.8 Å². The molecule has 3 aliphatic heterocycles. The Morgan fingerprint density at radius 2 is 1.88 bits per heavy atom. The third-order valence-corrected chi connectivity index (χ3v) is 7.73. The lowest BCUT2D eigenvalue weighted by Gasteiger charge is -2.31. The molecule has 0 radical (unpaired) electrons. The molecule has 0 aliphatic carbocycles. The fourth-order valence-corrected chi connectivity index (χ4v) is 5.56. The average Bonchev–Trinajstić information content (AvgIpc) is 3.47. The second-order valence-corrected chi connectivity index (χ2v) is 10.5. The van der Waals surface area contributed by atoms with E-state index in [1.54, 1.807) is 30.2 Å². The Kier molecular flexibility index (Phi) is 8.61. The highest BCUT2D eigenvalue weighted by Crippen LogP contribution is 2.42. The number of benzene rings is 2. The lowest BCUT2D eigenvalue weighted by Crippen LogP contribution is -2.42. The highest BCUT2D eigenvalue weighted by molar-refractivity contribution is 6.46. The van der Waals surface area contributed by atoms with Gasteiger partial charge in [0.15, 0.2) is 11.5 Å². The first-order chi connectivity index (χ1) is 19.4. The van der Waals surface area contributed by atoms with Crippen LogP contribution >= 0.6 is 0 Å². The van der Waals surface area contributed by atoms with Crippen LogP contribution in [0.1, 0.15) is 49.4 Å². The van der Waals surface area contributed by atoms with E-state index in [0.29, 0.717) is 62.0 Å². The van der Waals surface area contributed by atoms with Gasteiger partial charge in [-0.3, -0.25) is 14.5 Å². The number of fused-ring (bicyclic) bond motifs is 1. The van der Waals surface area contributed by atoms with Crippen molar-refractivity contribution in [1.82, 2.24) is 9.80 Å². The molecule has 40 heavy (non-hydrogen) atoms. The fraction of sp³-hybridized carbons (Fsp3) is 0.484. The summed E-state index contributed by atoms with van der Waals surface area (Å²) in [5, 5.41) is 11.6. The van der Waals surface area contributed by atoms with Crippen molar-refractivity contribution in [3.05, 3.63) is 58.7 Å². The zero-order valence-corrected chi connectivity index (χ0v) is 23.5. The minimum atomic E-state index is -0.775. The van der Waals surface area contributed by atoms with E-state index in [-0.39, 0.29) is 17.4 Å². The van der Waals surface area contributed by atoms with Crippen LogP contribution in [0.3, 0.4) is 0 Å². The van der Waals surface area contributed by atoms with Crippen molar-refractivity contribution in [3.63, 3.8) is 0 Å². The summed E-state index contributed by atoms with van der Waals surface area (Å²) in [5.41, 5.74) is 2.19. The molecule has 9 heteroatoms. The largest absolute Gasteiger partial charge is 0.507 e. The van der Waals surface area contributed by atoms with Gasteiger partial charge in [-0.2, -0.15) is 0 Å². The smallest absolute Gasteiger partial charge is 0.295 e. The first-order valence-corrected chi connectivity index (χ1v) is 14.1. The Bertz CT molecular complexity index is 1280. The number of nitrogens with zero attached hydrogens (tertiary/aromatic N) is 2. The Morgan fingerprint density at radius 3 is 2.62 bits per heavy atom. The van der Waals surface area contributed by atoms with E-state index >= 15 is 0 Å². The number of carbonyl (C=O) groups excluding carboxylic acids is 2. The molecule has 3 aliphatic rings. The van der Waals surface area contributed by atoms with Gasteiger partial charge in [-0.05, 0) is 54.8 Å². The number of hydrogen-bond acceptors (Lipinski definition) is 8. The van der Waals surface area contributed by atoms with E-state index in [4.69, 9.17) is 18.9 Å². The van der Waals surface area contributed by atoms with Crippen molar-refractivity contribution in [2.45, 2.75) is 45.3 Å². The number of ether oxygens (including phenoxy) is 4. The molecule has 1 N–H and O–H groups in total. The van der Waals surface area contributed by atoms with Crippen LogP contribution in [-0.4, -0.2) is 85.8 Å². The molecule has 5 rings (SSSR count). The molecule has 0 aromatic heterocycles. The molecule has 2 unspecified atom stereocenters. The minimum absolute atomic E-state index is 0.0451. The molecule has 1 amide bonds. The zero-order chi connectivity index (χ0) is 28.2. The Balaban J connectivity index is 1.53. The van der Waals surface area contributed by atoms with E-state index < -0.39 is 17.7 Å². The number of amides is 1. The number of rotatable bonds is 10. The van der Waals surface area contributed by atoms with E-state index in [9.17, 15) is 14.7 Å². The molecular weight excluding hydrogens is 512 g/mol. The Morgan fingerprint density at radius 1 is 1.07 bits per heavy atom. The highest BCUT2D eigenvalue weighted by atomic mass is 16.5. The number of carbonyl (C=O) groups is 2. The van der Waals surface area contributed by atoms with Crippen LogP contribution in [0, 0.1) is 0 Å². The van der Waals surface area contributed by atoms with Crippen LogP contribution in [0.2, 0.25) is 0 Å². The van der Waals surface area contributed by atoms with Gasteiger partial charge < -0.3 is 29.0 Å². The lowest BCUT2D eigenvalue weighted by molar-refractivity contribution is -0.140. The number of Topliss-reactive ketones (excluding diaryl/α,β-unsaturated/α-hetero) is 1. The average molecular weight is 551 g/mol. The van der Waals surface area contributed by atoms with Crippen LogP contribution in [-0.2, 0) is 20.7 Å². The van der Waals surface area contributed by atoms with Crippen LogP contribution in [0.15, 0.2) is 42.0 Å². The van der Waals surface area contributed by atoms with Gasteiger partial charge in [-0.15, -0.1) is 0 Å². The predicted molar refractivity (Wildman–Crippen MR) is 150 cm³/mol. The lowest BCUT2D eigenvalue weighted by atomic mass is 9.94. The SMILES string of the molecule is CCCCOc1ccc(C2/C(=C(\O)c3ccc4c(c3)CC(C)O4)C(=O)C(=O)N2CCN2CCOCC2)cc1OC. The molecule has 2 aromatic carbocycles. The predicted octanol–water partition coefficient (Wildman–Crippen LogP) is 3.95. The molecule has 214 valence electrons. The summed E-state index contributed by atoms with van der Waals surface area (Å²) < 4.78 is 22.8. The molecule has 2 atom stereocenters. The summed E-state index contributed by atoms with van der Waals surface area (Å²) in [4.78, 5) is 30.7. The van der Waals surface area contributed by atoms with Gasteiger partial charge in [0.1, 0.15) is 17.6 Å². The summed E-state index contributed by atoms with van der Waals surface area (Å²) in [5.74, 6) is 0.363. The third-order valence-electron chi connectivity index (χ3n) is 7.73. The maximum atomic E-state index is 13.5. The molecule has 9 nitrogen and oxygen atoms in total. The number of aliphatic hydroxyl groups is 1. The van der Waals surface area contributed by atoms with Crippen LogP contribution < -0.4 is 14.2 Å². The van der Waals surface area contributed by atoms with Gasteiger partial charge in [0, 0.05) is 38.2 Å². The second kappa shape index (κ2) is 12.3. The second-order valence-electron chi connectivity index (χ2n) is 10.5. The van der Waals surface area contributed by atoms with Crippen LogP contribution in [0.4, 0.5) is 0 Å². The first-order valence-electron chi connectivity index (χ1n) is 14.1. The molecule has 0 spiro atoms. The van der Waals surface area contributed by atoms with Gasteiger partial charge in [-0.1, -0.05) is 19.4 Å². The monoisotopic (exact) mass is 550 g/mol. The van der Waals surface area contributed by atoms with Gasteiger partial charge >= 0.3 is 0 Å². The quantitative estimate of drug-likeness (QED) is 0.206. The van der Waals surface area contributed by atoms with E-state index in [1.165, 1.54) is 0 Å². The number of ketones is 1. The summed E-state index contributed by atoms with van der Waals surface area (Å²) in [6.07, 6.45) is 2.68. The normalized spacial score (nSPS) is 22.3. The number of unbranched alkanes of at least 4 members (excludes halogenated alkanes) is 1. The first kappa shape index (κ1) is 28.0. The van der Waals surface area contributed by atoms with Gasteiger partial charge in [0.2, 0.25) is 0 Å². The van der Waals surface area contributed by atoms with E-state index in [0.717, 1.165) is 37.2 Å². The highest BCUT2D eigenvalue weighted by Gasteiger charge is 2.46. The summed E-state index contributed by atoms with van der Waals surface area (Å²) >= 11 is 0. The third kappa shape index (κ3) is 5.67. The van der Waals surface area contributed by atoms with Gasteiger partial charge in [-0.25, -0.2) is 0 Å². The molecule has 2 saturated heterocycles. The number of likely N-dealkylation sites (tertiary alicyclic amines) is 1. The number of aliphatic hydroxyl groups excluding tert-OH is 1. The minimum Gasteiger partial charge on any atom is -0.507 e. The maximum absolute atomic E-state index is 13.5. The van der Waals surface area contributed by atoms with Crippen LogP contribution in [0.25, 0.3) is 5.76 Å². The number of hydrogen-bond donors (Lipinski definition) is 1. The van der Waals surface area contributed by atoms with Crippen molar-refractivity contribution >= 4 is 17.4 Å². The summed E-state index contributed by atoms with van der Waals surface area (Å²) in [6, 6.07) is 10.1. The molecule has 3 heterocycles. The standard InChI is InChI=1S/C31H38N2O7/c1-4-5-14-39-25-9-6-21(19-26(25)37-3)28-27(29(34)22-7-8-24-23(18-22)17-20(2)40-24)30(35)31(36)33(28)11-10-32-12-15-38-16-13-32/h6-9,18-20,28,34H,4-5,10-17H2,1-3H3/b29-27+. The van der Waals surface area contributed by atoms with Gasteiger partial charge in [0.05, 0.1) is 38.5 Å². The fourth-order valence-electron chi connectivity index (χ4n) is 5.56. The molecule has 0 saturated carbocycles. The number of morpholine rings is 1. The van der Waals surface area contributed by atoms with Crippen molar-refractivity contribution in [3.8, 4) is 17.2 Å². The van der Waals surface area contributed by atoms with Gasteiger partial charge in [0.25, 0.3) is 11.7 Å². The maximum Gasteiger partial charge on any atom is 0.295 e. The van der Waals surface area contributed by atoms with Crippen molar-refractivity contribution in [1.29, 1.82) is 0 Å². The van der Waals surface area contributed by atoms with Crippen molar-refractivity contribution in [2.24, 2.45) is 0 Å². The van der Waals surface area contributed by atoms with Crippen LogP contribution in [0.5, 0.6) is 17.2 Å². The summed E-state index contributed by atoms with van der Waals surface area (Å²) in [7, 11) is 1.56. The van der Waals surface area contributed by atoms with E-state index in [1.807, 2.05) is 25.1 Å². The topological polar surface area (TPSA) is 97.8 Å². The Labute approximate surface area is 235 Å². The molecule has 2 fully saturated rings. The van der Waals surface area contributed by atoms with Crippen molar-refractivity contribution < 1.29 is 33.6 Å². The molecule has 2 aromatic rings. The summed E-state index contributed by atoms with van der Waals surface area (Å²) in [6.45, 7) is 8.38. The zero-order valence-electron chi connectivity index (χ0n) is 23.5.